The van der Waals surface area contributed by atoms with Gasteiger partial charge in [0.05, 0.1) is 17.9 Å². The third-order valence-electron chi connectivity index (χ3n) is 3.73. The van der Waals surface area contributed by atoms with Crippen molar-refractivity contribution in [1.82, 2.24) is 9.97 Å². The number of aromatic nitrogens is 2. The lowest BCUT2D eigenvalue weighted by molar-refractivity contribution is 0.0526. The summed E-state index contributed by atoms with van der Waals surface area (Å²) in [6.45, 7) is 5.90. The van der Waals surface area contributed by atoms with Gasteiger partial charge in [-0.15, -0.1) is 11.3 Å². The van der Waals surface area contributed by atoms with Gasteiger partial charge in [0.25, 0.3) is 0 Å². The number of hydrogen-bond donors (Lipinski definition) is 2. The number of carbonyl (C=O) groups is 1. The van der Waals surface area contributed by atoms with Crippen LogP contribution < -0.4 is 0 Å². The largest absolute Gasteiger partial charge is 0.508 e. The molecule has 0 radical (unpaired) electrons. The van der Waals surface area contributed by atoms with Gasteiger partial charge in [-0.25, -0.2) is 9.78 Å². The SMILES string of the molecule is CCOC(=O)c1c(C)[nH]c(C)c1-c1csc(-c2ccc(O)cc2)n1. The summed E-state index contributed by atoms with van der Waals surface area (Å²) in [7, 11) is 0. The summed E-state index contributed by atoms with van der Waals surface area (Å²) >= 11 is 1.50. The Morgan fingerprint density at radius 3 is 2.62 bits per heavy atom. The maximum Gasteiger partial charge on any atom is 0.340 e. The van der Waals surface area contributed by atoms with Gasteiger partial charge in [-0.1, -0.05) is 0 Å². The predicted octanol–water partition coefficient (Wildman–Crippen LogP) is 4.30. The summed E-state index contributed by atoms with van der Waals surface area (Å²) in [6, 6.07) is 6.90. The number of hydrogen-bond acceptors (Lipinski definition) is 5. The maximum absolute atomic E-state index is 12.3. The molecule has 0 fully saturated rings. The van der Waals surface area contributed by atoms with E-state index < -0.39 is 0 Å². The fourth-order valence-corrected chi connectivity index (χ4v) is 3.50. The first kappa shape index (κ1) is 16.3. The van der Waals surface area contributed by atoms with Crippen LogP contribution in [0.2, 0.25) is 0 Å². The highest BCUT2D eigenvalue weighted by atomic mass is 32.1. The molecule has 0 bridgehead atoms. The molecule has 6 heteroatoms. The van der Waals surface area contributed by atoms with Gasteiger partial charge in [-0.3, -0.25) is 0 Å². The fourth-order valence-electron chi connectivity index (χ4n) is 2.69. The highest BCUT2D eigenvalue weighted by molar-refractivity contribution is 7.13. The van der Waals surface area contributed by atoms with E-state index in [1.54, 1.807) is 19.1 Å². The van der Waals surface area contributed by atoms with E-state index in [1.807, 2.05) is 31.4 Å². The Kier molecular flexibility index (Phi) is 4.40. The molecule has 0 saturated carbocycles. The van der Waals surface area contributed by atoms with Crippen LogP contribution in [0.1, 0.15) is 28.7 Å². The quantitative estimate of drug-likeness (QED) is 0.693. The first-order chi connectivity index (χ1) is 11.5. The molecule has 0 aliphatic rings. The number of aromatic amines is 1. The first-order valence-electron chi connectivity index (χ1n) is 7.62. The zero-order valence-electron chi connectivity index (χ0n) is 13.7. The highest BCUT2D eigenvalue weighted by Crippen LogP contribution is 2.34. The number of nitrogens with one attached hydrogen (secondary N) is 1. The van der Waals surface area contributed by atoms with Crippen LogP contribution in [0.4, 0.5) is 0 Å². The number of rotatable bonds is 4. The summed E-state index contributed by atoms with van der Waals surface area (Å²) in [5, 5.41) is 12.2. The second-order valence-corrected chi connectivity index (χ2v) is 6.29. The number of phenolic OH excluding ortho intramolecular Hbond substituents is 1. The summed E-state index contributed by atoms with van der Waals surface area (Å²) < 4.78 is 5.18. The van der Waals surface area contributed by atoms with Crippen LogP contribution >= 0.6 is 11.3 Å². The maximum atomic E-state index is 12.3. The molecular formula is C18H18N2O3S. The van der Waals surface area contributed by atoms with E-state index in [4.69, 9.17) is 4.74 Å². The number of nitrogens with zero attached hydrogens (tertiary/aromatic N) is 1. The number of benzene rings is 1. The lowest BCUT2D eigenvalue weighted by Gasteiger charge is -2.04. The standard InChI is InChI=1S/C18H18N2O3S/c1-4-23-18(22)16-11(3)19-10(2)15(16)14-9-24-17(20-14)12-5-7-13(21)8-6-12/h5-9,19,21H,4H2,1-3H3. The molecule has 124 valence electrons. The second kappa shape index (κ2) is 6.49. The van der Waals surface area contributed by atoms with Crippen molar-refractivity contribution in [3.63, 3.8) is 0 Å². The minimum atomic E-state index is -0.339. The lowest BCUT2D eigenvalue weighted by atomic mass is 10.1. The molecule has 2 aromatic heterocycles. The Bertz CT molecular complexity index is 878. The molecule has 0 spiro atoms. The molecule has 0 aliphatic heterocycles. The second-order valence-electron chi connectivity index (χ2n) is 5.43. The zero-order valence-corrected chi connectivity index (χ0v) is 14.5. The Labute approximate surface area is 144 Å². The summed E-state index contributed by atoms with van der Waals surface area (Å²) in [5.74, 6) is -0.120. The van der Waals surface area contributed by atoms with Crippen LogP contribution in [0.5, 0.6) is 5.75 Å². The van der Waals surface area contributed by atoms with Crippen molar-refractivity contribution in [3.05, 3.63) is 46.6 Å². The number of aromatic hydroxyl groups is 1. The zero-order chi connectivity index (χ0) is 17.3. The molecule has 0 aliphatic carbocycles. The van der Waals surface area contributed by atoms with Gasteiger partial charge in [0, 0.05) is 27.9 Å². The van der Waals surface area contributed by atoms with Crippen molar-refractivity contribution < 1.29 is 14.6 Å². The van der Waals surface area contributed by atoms with Crippen LogP contribution in [0.3, 0.4) is 0 Å². The van der Waals surface area contributed by atoms with E-state index in [2.05, 4.69) is 9.97 Å². The van der Waals surface area contributed by atoms with Crippen LogP contribution in [0.25, 0.3) is 21.8 Å². The van der Waals surface area contributed by atoms with E-state index >= 15 is 0 Å². The summed E-state index contributed by atoms with van der Waals surface area (Å²) in [4.78, 5) is 20.2. The van der Waals surface area contributed by atoms with Crippen LogP contribution in [-0.2, 0) is 4.74 Å². The van der Waals surface area contributed by atoms with E-state index in [0.717, 1.165) is 33.2 Å². The van der Waals surface area contributed by atoms with Crippen molar-refractivity contribution in [3.8, 4) is 27.6 Å². The molecule has 1 aromatic carbocycles. The van der Waals surface area contributed by atoms with Crippen molar-refractivity contribution in [2.24, 2.45) is 0 Å². The number of phenols is 1. The number of ether oxygens (including phenoxy) is 1. The van der Waals surface area contributed by atoms with E-state index in [0.29, 0.717) is 12.2 Å². The van der Waals surface area contributed by atoms with E-state index in [9.17, 15) is 9.90 Å². The minimum Gasteiger partial charge on any atom is -0.508 e. The highest BCUT2D eigenvalue weighted by Gasteiger charge is 2.23. The summed E-state index contributed by atoms with van der Waals surface area (Å²) in [6.07, 6.45) is 0. The number of carbonyl (C=O) groups excluding carboxylic acids is 1. The van der Waals surface area contributed by atoms with Gasteiger partial charge in [0.2, 0.25) is 0 Å². The molecule has 2 heterocycles. The predicted molar refractivity (Wildman–Crippen MR) is 94.4 cm³/mol. The van der Waals surface area contributed by atoms with E-state index in [-0.39, 0.29) is 11.7 Å². The average molecular weight is 342 g/mol. The molecule has 24 heavy (non-hydrogen) atoms. The topological polar surface area (TPSA) is 75.2 Å². The van der Waals surface area contributed by atoms with Crippen LogP contribution in [-0.4, -0.2) is 27.7 Å². The lowest BCUT2D eigenvalue weighted by Crippen LogP contribution is -2.06. The van der Waals surface area contributed by atoms with Gasteiger partial charge >= 0.3 is 5.97 Å². The minimum absolute atomic E-state index is 0.220. The molecule has 0 unspecified atom stereocenters. The smallest absolute Gasteiger partial charge is 0.340 e. The monoisotopic (exact) mass is 342 g/mol. The third-order valence-corrected chi connectivity index (χ3v) is 4.62. The van der Waals surface area contributed by atoms with Crippen LogP contribution in [0, 0.1) is 13.8 Å². The first-order valence-corrected chi connectivity index (χ1v) is 8.50. The number of H-pyrrole nitrogens is 1. The van der Waals surface area contributed by atoms with Crippen LogP contribution in [0.15, 0.2) is 29.6 Å². The van der Waals surface area contributed by atoms with Crippen molar-refractivity contribution in [2.45, 2.75) is 20.8 Å². The average Bonchev–Trinajstić information content (AvgIpc) is 3.12. The normalized spacial score (nSPS) is 10.8. The van der Waals surface area contributed by atoms with Crippen molar-refractivity contribution in [1.29, 1.82) is 0 Å². The molecule has 0 amide bonds. The van der Waals surface area contributed by atoms with Gasteiger partial charge in [0.1, 0.15) is 10.8 Å². The molecule has 0 saturated heterocycles. The van der Waals surface area contributed by atoms with Gasteiger partial charge in [-0.2, -0.15) is 0 Å². The number of thiazole rings is 1. The fraction of sp³-hybridized carbons (Fsp3) is 0.222. The number of aryl methyl sites for hydroxylation is 2. The Hall–Kier alpha value is -2.60. The van der Waals surface area contributed by atoms with Gasteiger partial charge in [0.15, 0.2) is 0 Å². The molecule has 2 N–H and O–H groups in total. The third kappa shape index (κ3) is 2.92. The Morgan fingerprint density at radius 1 is 1.25 bits per heavy atom. The molecule has 3 aromatic rings. The van der Waals surface area contributed by atoms with E-state index in [1.165, 1.54) is 11.3 Å². The van der Waals surface area contributed by atoms with Crippen molar-refractivity contribution in [2.75, 3.05) is 6.61 Å². The molecular weight excluding hydrogens is 324 g/mol. The Balaban J connectivity index is 2.04. The summed E-state index contributed by atoms with van der Waals surface area (Å²) in [5.41, 5.74) is 4.65. The molecule has 3 rings (SSSR count). The Morgan fingerprint density at radius 2 is 1.96 bits per heavy atom. The van der Waals surface area contributed by atoms with Crippen molar-refractivity contribution >= 4 is 17.3 Å². The molecule has 0 atom stereocenters. The van der Waals surface area contributed by atoms with Gasteiger partial charge in [-0.05, 0) is 45.0 Å². The molecule has 5 nitrogen and oxygen atoms in total. The van der Waals surface area contributed by atoms with Gasteiger partial charge < -0.3 is 14.8 Å². The number of esters is 1.